The summed E-state index contributed by atoms with van der Waals surface area (Å²) in [6, 6.07) is 9.45. The molecule has 0 aliphatic rings. The highest BCUT2D eigenvalue weighted by Gasteiger charge is 2.19. The molecule has 6 heteroatoms. The van der Waals surface area contributed by atoms with Gasteiger partial charge in [-0.1, -0.05) is 30.3 Å². The molecule has 0 unspecified atom stereocenters. The number of hydrogen-bond acceptors (Lipinski definition) is 3. The molecular weight excluding hydrogens is 300 g/mol. The molecule has 0 radical (unpaired) electrons. The van der Waals surface area contributed by atoms with E-state index >= 15 is 0 Å². The Morgan fingerprint density at radius 3 is 2.41 bits per heavy atom. The van der Waals surface area contributed by atoms with Crippen molar-refractivity contribution in [3.63, 3.8) is 0 Å². The van der Waals surface area contributed by atoms with Crippen LogP contribution in [-0.2, 0) is 15.5 Å². The van der Waals surface area contributed by atoms with Crippen molar-refractivity contribution in [2.45, 2.75) is 31.6 Å². The summed E-state index contributed by atoms with van der Waals surface area (Å²) in [6.45, 7) is 6.54. The van der Waals surface area contributed by atoms with Gasteiger partial charge in [-0.2, -0.15) is 0 Å². The second-order valence-corrected chi connectivity index (χ2v) is 8.26. The van der Waals surface area contributed by atoms with Crippen LogP contribution in [0.15, 0.2) is 30.3 Å². The van der Waals surface area contributed by atoms with E-state index in [0.717, 1.165) is 5.56 Å². The number of methoxy groups -OCH3 is 1. The first-order chi connectivity index (χ1) is 10.3. The van der Waals surface area contributed by atoms with Crippen LogP contribution >= 0.6 is 0 Å². The van der Waals surface area contributed by atoms with Crippen LogP contribution in [0, 0.1) is 0 Å². The van der Waals surface area contributed by atoms with E-state index in [2.05, 4.69) is 10.6 Å². The average molecular weight is 326 g/mol. The fourth-order valence-electron chi connectivity index (χ4n) is 1.82. The molecule has 2 atom stereocenters. The zero-order valence-corrected chi connectivity index (χ0v) is 14.5. The highest BCUT2D eigenvalue weighted by Crippen LogP contribution is 2.14. The molecule has 1 aromatic rings. The number of nitrogens with one attached hydrogen (secondary N) is 2. The Balaban J connectivity index is 2.32. The molecule has 1 aromatic carbocycles. The van der Waals surface area contributed by atoms with Crippen LogP contribution in [-0.4, -0.2) is 40.9 Å². The summed E-state index contributed by atoms with van der Waals surface area (Å²) < 4.78 is 17.0. The standard InChI is InChI=1S/C16H26N2O3S/c1-16(2,3)22(20)11-10-17-15(19)18-12-14(21-4)13-8-6-5-7-9-13/h5-9,14H,10-12H2,1-4H3,(H2,17,18,19)/t14-,22-/m1/s1. The van der Waals surface area contributed by atoms with Gasteiger partial charge in [-0.3, -0.25) is 4.21 Å². The Morgan fingerprint density at radius 2 is 1.86 bits per heavy atom. The zero-order valence-electron chi connectivity index (χ0n) is 13.7. The van der Waals surface area contributed by atoms with Crippen molar-refractivity contribution in [2.24, 2.45) is 0 Å². The fraction of sp³-hybridized carbons (Fsp3) is 0.562. The first-order valence-electron chi connectivity index (χ1n) is 7.32. The molecule has 0 spiro atoms. The summed E-state index contributed by atoms with van der Waals surface area (Å²) in [5.41, 5.74) is 1.01. The summed E-state index contributed by atoms with van der Waals surface area (Å²) >= 11 is 0. The first-order valence-corrected chi connectivity index (χ1v) is 8.64. The summed E-state index contributed by atoms with van der Waals surface area (Å²) in [7, 11) is 0.650. The summed E-state index contributed by atoms with van der Waals surface area (Å²) in [6.07, 6.45) is -0.185. The molecule has 0 heterocycles. The largest absolute Gasteiger partial charge is 0.375 e. The lowest BCUT2D eigenvalue weighted by Gasteiger charge is -2.18. The van der Waals surface area contributed by atoms with Crippen molar-refractivity contribution in [3.8, 4) is 0 Å². The quantitative estimate of drug-likeness (QED) is 0.807. The topological polar surface area (TPSA) is 67.4 Å². The number of benzene rings is 1. The van der Waals surface area contributed by atoms with Crippen molar-refractivity contribution >= 4 is 16.8 Å². The van der Waals surface area contributed by atoms with Gasteiger partial charge in [0, 0.05) is 41.5 Å². The number of rotatable bonds is 7. The van der Waals surface area contributed by atoms with E-state index in [-0.39, 0.29) is 16.9 Å². The highest BCUT2D eigenvalue weighted by molar-refractivity contribution is 7.86. The maximum absolute atomic E-state index is 11.9. The average Bonchev–Trinajstić information content (AvgIpc) is 2.48. The molecule has 124 valence electrons. The fourth-order valence-corrected chi connectivity index (χ4v) is 2.72. The molecule has 5 nitrogen and oxygen atoms in total. The van der Waals surface area contributed by atoms with Gasteiger partial charge in [0.25, 0.3) is 0 Å². The third-order valence-electron chi connectivity index (χ3n) is 3.16. The lowest BCUT2D eigenvalue weighted by molar-refractivity contribution is 0.104. The van der Waals surface area contributed by atoms with E-state index in [4.69, 9.17) is 4.74 Å². The predicted molar refractivity (Wildman–Crippen MR) is 90.4 cm³/mol. The van der Waals surface area contributed by atoms with Crippen LogP contribution in [0.2, 0.25) is 0 Å². The second kappa shape index (κ2) is 8.90. The van der Waals surface area contributed by atoms with Gasteiger partial charge in [-0.25, -0.2) is 4.79 Å². The maximum atomic E-state index is 11.9. The van der Waals surface area contributed by atoms with E-state index < -0.39 is 10.8 Å². The van der Waals surface area contributed by atoms with Gasteiger partial charge in [0.2, 0.25) is 0 Å². The van der Waals surface area contributed by atoms with Gasteiger partial charge in [-0.15, -0.1) is 0 Å². The zero-order chi connectivity index (χ0) is 16.6. The lowest BCUT2D eigenvalue weighted by Crippen LogP contribution is -2.40. The molecular formula is C16H26N2O3S. The Morgan fingerprint density at radius 1 is 1.23 bits per heavy atom. The Bertz CT molecular complexity index is 486. The van der Waals surface area contributed by atoms with Crippen LogP contribution in [0.4, 0.5) is 4.79 Å². The highest BCUT2D eigenvalue weighted by atomic mass is 32.2. The van der Waals surface area contributed by atoms with Gasteiger partial charge < -0.3 is 15.4 Å². The van der Waals surface area contributed by atoms with Crippen molar-refractivity contribution < 1.29 is 13.7 Å². The van der Waals surface area contributed by atoms with Crippen molar-refractivity contribution in [3.05, 3.63) is 35.9 Å². The smallest absolute Gasteiger partial charge is 0.314 e. The molecule has 22 heavy (non-hydrogen) atoms. The van der Waals surface area contributed by atoms with Gasteiger partial charge in [-0.05, 0) is 26.3 Å². The Labute approximate surface area is 135 Å². The third-order valence-corrected chi connectivity index (χ3v) is 5.10. The van der Waals surface area contributed by atoms with E-state index in [1.54, 1.807) is 7.11 Å². The minimum absolute atomic E-state index is 0.185. The number of urea groups is 1. The molecule has 0 saturated heterocycles. The van der Waals surface area contributed by atoms with E-state index in [9.17, 15) is 9.00 Å². The molecule has 0 bridgehead atoms. The van der Waals surface area contributed by atoms with Gasteiger partial charge in [0.1, 0.15) is 0 Å². The van der Waals surface area contributed by atoms with Gasteiger partial charge in [0.05, 0.1) is 6.10 Å². The molecule has 1 rings (SSSR count). The number of carbonyl (C=O) groups excluding carboxylic acids is 1. The van der Waals surface area contributed by atoms with E-state index in [1.807, 2.05) is 51.1 Å². The molecule has 0 fully saturated rings. The third kappa shape index (κ3) is 6.58. The molecule has 2 amide bonds. The SMILES string of the molecule is CO[C@H](CNC(=O)NCC[S@@](=O)C(C)(C)C)c1ccccc1. The minimum atomic E-state index is -0.965. The molecule has 0 aliphatic heterocycles. The van der Waals surface area contributed by atoms with Crippen LogP contribution in [0.5, 0.6) is 0 Å². The first kappa shape index (κ1) is 18.6. The lowest BCUT2D eigenvalue weighted by atomic mass is 10.1. The van der Waals surface area contributed by atoms with Crippen molar-refractivity contribution in [1.29, 1.82) is 0 Å². The number of carbonyl (C=O) groups is 1. The van der Waals surface area contributed by atoms with Gasteiger partial charge >= 0.3 is 6.03 Å². The normalized spacial score (nSPS) is 14.2. The van der Waals surface area contributed by atoms with Crippen LogP contribution in [0.1, 0.15) is 32.4 Å². The Kier molecular flexibility index (Phi) is 7.55. The Hall–Kier alpha value is -1.40. The second-order valence-electron chi connectivity index (χ2n) is 5.93. The number of amides is 2. The van der Waals surface area contributed by atoms with Crippen LogP contribution < -0.4 is 10.6 Å². The van der Waals surface area contributed by atoms with Crippen LogP contribution in [0.25, 0.3) is 0 Å². The van der Waals surface area contributed by atoms with E-state index in [1.165, 1.54) is 0 Å². The minimum Gasteiger partial charge on any atom is -0.375 e. The number of ether oxygens (including phenoxy) is 1. The monoisotopic (exact) mass is 326 g/mol. The molecule has 2 N–H and O–H groups in total. The predicted octanol–water partition coefficient (Wildman–Crippen LogP) is 2.22. The van der Waals surface area contributed by atoms with Crippen molar-refractivity contribution in [1.82, 2.24) is 10.6 Å². The van der Waals surface area contributed by atoms with E-state index in [0.29, 0.717) is 18.8 Å². The van der Waals surface area contributed by atoms with Crippen molar-refractivity contribution in [2.75, 3.05) is 26.0 Å². The summed E-state index contributed by atoms with van der Waals surface area (Å²) in [5, 5.41) is 5.49. The molecule has 0 aromatic heterocycles. The summed E-state index contributed by atoms with van der Waals surface area (Å²) in [5.74, 6) is 0.448. The van der Waals surface area contributed by atoms with Crippen LogP contribution in [0.3, 0.4) is 0 Å². The maximum Gasteiger partial charge on any atom is 0.314 e. The van der Waals surface area contributed by atoms with Gasteiger partial charge in [0.15, 0.2) is 0 Å². The number of hydrogen-bond donors (Lipinski definition) is 2. The molecule has 0 saturated carbocycles. The molecule has 0 aliphatic carbocycles. The summed E-state index contributed by atoms with van der Waals surface area (Å²) in [4.78, 5) is 11.7.